The van der Waals surface area contributed by atoms with E-state index >= 15 is 0 Å². The number of hydrogen-bond acceptors (Lipinski definition) is 0. The van der Waals surface area contributed by atoms with Crippen LogP contribution in [0.1, 0.15) is 69.2 Å². The molecular weight excluding hydrogens is 404 g/mol. The van der Waals surface area contributed by atoms with Crippen molar-refractivity contribution in [2.75, 3.05) is 0 Å². The summed E-state index contributed by atoms with van der Waals surface area (Å²) in [5, 5.41) is 0.777. The number of fused-ring (bicyclic) bond motifs is 1. The van der Waals surface area contributed by atoms with Gasteiger partial charge in [0.2, 0.25) is 0 Å². The lowest BCUT2D eigenvalue weighted by molar-refractivity contribution is -0.0868. The summed E-state index contributed by atoms with van der Waals surface area (Å²) in [5.41, 5.74) is -3.33. The summed E-state index contributed by atoms with van der Waals surface area (Å²) in [5.74, 6) is 0.110. The van der Waals surface area contributed by atoms with Crippen LogP contribution in [0.3, 0.4) is 0 Å². The Balaban J connectivity index is 0.000000500. The van der Waals surface area contributed by atoms with Crippen molar-refractivity contribution in [1.82, 2.24) is 0 Å². The molecule has 1 aromatic heterocycles. The van der Waals surface area contributed by atoms with Crippen molar-refractivity contribution < 1.29 is 30.4 Å². The van der Waals surface area contributed by atoms with E-state index in [9.17, 15) is 30.4 Å². The molecule has 1 unspecified atom stereocenters. The minimum atomic E-state index is -6.00. The first-order valence-electron chi connectivity index (χ1n) is 9.22. The van der Waals surface area contributed by atoms with Gasteiger partial charge in [0.05, 0.1) is 10.5 Å². The van der Waals surface area contributed by atoms with Crippen LogP contribution in [0.2, 0.25) is 0 Å². The van der Waals surface area contributed by atoms with E-state index in [0.717, 1.165) is 43.1 Å². The van der Waals surface area contributed by atoms with Crippen LogP contribution in [-0.4, -0.2) is 7.25 Å². The molecule has 1 aliphatic carbocycles. The number of hydrogen-bond donors (Lipinski definition) is 0. The van der Waals surface area contributed by atoms with Crippen molar-refractivity contribution in [1.29, 1.82) is 0 Å². The molecule has 0 aliphatic heterocycles. The summed E-state index contributed by atoms with van der Waals surface area (Å²) in [6.45, 7) is 6.14. The summed E-state index contributed by atoms with van der Waals surface area (Å²) in [6, 6.07) is 7.52. The van der Waals surface area contributed by atoms with Crippen LogP contribution in [0, 0.1) is 0 Å². The molecule has 0 bridgehead atoms. The molecule has 1 fully saturated rings. The Morgan fingerprint density at radius 3 is 1.89 bits per heavy atom. The minimum Gasteiger partial charge on any atom is -0.418 e. The Labute approximate surface area is 163 Å². The monoisotopic (exact) mass is 428 g/mol. The summed E-state index contributed by atoms with van der Waals surface area (Å²) < 4.78 is 81.0. The van der Waals surface area contributed by atoms with Gasteiger partial charge in [-0.3, -0.25) is 0 Å². The highest BCUT2D eigenvalue weighted by molar-refractivity contribution is 7.38. The molecule has 0 spiro atoms. The van der Waals surface area contributed by atoms with Crippen molar-refractivity contribution >= 4 is 27.8 Å². The van der Waals surface area contributed by atoms with Gasteiger partial charge in [-0.25, -0.2) is 0 Å². The highest BCUT2D eigenvalue weighted by atomic mass is 32.2. The molecule has 1 atom stereocenters. The maximum absolute atomic E-state index is 13.8. The number of thiophene rings is 1. The molecule has 0 saturated heterocycles. The molecule has 0 radical (unpaired) electrons. The third-order valence-corrected chi connectivity index (χ3v) is 7.05. The van der Waals surface area contributed by atoms with Gasteiger partial charge in [-0.2, -0.15) is 0 Å². The Hall–Kier alpha value is -1.25. The maximum Gasteiger partial charge on any atom is 0.673 e. The largest absolute Gasteiger partial charge is 0.673 e. The summed E-state index contributed by atoms with van der Waals surface area (Å²) in [4.78, 5) is 0.637. The number of benzene rings is 1. The van der Waals surface area contributed by atoms with Crippen molar-refractivity contribution in [3.05, 3.63) is 34.7 Å². The van der Waals surface area contributed by atoms with Gasteiger partial charge in [0, 0.05) is 23.4 Å². The first-order valence-corrected chi connectivity index (χ1v) is 10.4. The van der Waals surface area contributed by atoms with Gasteiger partial charge in [-0.05, 0) is 29.9 Å². The Bertz CT molecular complexity index is 787. The molecule has 1 aliphatic rings. The lowest BCUT2D eigenvalue weighted by Crippen LogP contribution is -2.10. The zero-order chi connectivity index (χ0) is 21.3. The van der Waals surface area contributed by atoms with E-state index in [-0.39, 0.29) is 11.3 Å². The topological polar surface area (TPSA) is 0 Å². The van der Waals surface area contributed by atoms with E-state index in [1.807, 2.05) is 39.0 Å². The van der Waals surface area contributed by atoms with E-state index in [2.05, 4.69) is 0 Å². The normalized spacial score (nSPS) is 17.4. The van der Waals surface area contributed by atoms with E-state index in [1.165, 1.54) is 0 Å². The van der Waals surface area contributed by atoms with Gasteiger partial charge >= 0.3 is 12.8 Å². The first kappa shape index (κ1) is 23.0. The van der Waals surface area contributed by atoms with Crippen molar-refractivity contribution in [3.8, 4) is 0 Å². The Morgan fingerprint density at radius 1 is 0.893 bits per heavy atom. The molecule has 9 heteroatoms. The minimum absolute atomic E-state index is 0.110. The molecule has 3 rings (SSSR count). The molecule has 0 nitrogen and oxygen atoms in total. The molecular formula is C19H24BF7S. The molecule has 158 valence electrons. The third kappa shape index (κ3) is 6.13. The van der Waals surface area contributed by atoms with Gasteiger partial charge in [0.15, 0.2) is 9.58 Å². The second kappa shape index (κ2) is 8.24. The van der Waals surface area contributed by atoms with Gasteiger partial charge in [0.25, 0.3) is 0 Å². The summed E-state index contributed by atoms with van der Waals surface area (Å²) >= 11 is 0. The zero-order valence-corrected chi connectivity index (χ0v) is 16.9. The lowest BCUT2D eigenvalue weighted by atomic mass is 9.86. The fraction of sp³-hybridized carbons (Fsp3) is 0.579. The molecule has 28 heavy (non-hydrogen) atoms. The highest BCUT2D eigenvalue weighted by Crippen LogP contribution is 2.55. The molecule has 0 N–H and O–H groups in total. The van der Waals surface area contributed by atoms with Crippen LogP contribution >= 0.6 is 10.5 Å². The molecule has 0 amide bonds. The molecule has 2 aromatic rings. The SMILES string of the molecule is CC(C)(C)c1ccc2cc(C3CCCCC3)[s+](C(F)(F)F)c2c1.F[B-](F)(F)F. The summed E-state index contributed by atoms with van der Waals surface area (Å²) in [7, 11) is -7.74. The van der Waals surface area contributed by atoms with Crippen molar-refractivity contribution in [3.63, 3.8) is 0 Å². The fourth-order valence-electron chi connectivity index (χ4n) is 3.57. The highest BCUT2D eigenvalue weighted by Gasteiger charge is 2.49. The molecule has 1 aromatic carbocycles. The van der Waals surface area contributed by atoms with Gasteiger partial charge in [-0.1, -0.05) is 46.1 Å². The number of rotatable bonds is 1. The predicted molar refractivity (Wildman–Crippen MR) is 102 cm³/mol. The average molecular weight is 428 g/mol. The number of alkyl halides is 3. The predicted octanol–water partition coefficient (Wildman–Crippen LogP) is 8.71. The van der Waals surface area contributed by atoms with E-state index in [1.54, 1.807) is 6.07 Å². The van der Waals surface area contributed by atoms with Crippen LogP contribution in [0.15, 0.2) is 24.3 Å². The van der Waals surface area contributed by atoms with Gasteiger partial charge < -0.3 is 17.3 Å². The van der Waals surface area contributed by atoms with Crippen LogP contribution < -0.4 is 0 Å². The standard InChI is InChI=1S/C19H24F3S.BF4/c1-18(2,3)15-10-9-14-11-16(13-7-5-4-6-8-13)23(17(14)12-15)19(20,21)22;2-1(3,4)5/h9-13H,4-8H2,1-3H3;/q+1;-1. The van der Waals surface area contributed by atoms with E-state index in [0.29, 0.717) is 9.58 Å². The van der Waals surface area contributed by atoms with Gasteiger partial charge in [0.1, 0.15) is 0 Å². The lowest BCUT2D eigenvalue weighted by Gasteiger charge is -2.19. The van der Waals surface area contributed by atoms with Crippen molar-refractivity contribution in [2.24, 2.45) is 0 Å². The van der Waals surface area contributed by atoms with Gasteiger partial charge in [-0.15, -0.1) is 13.2 Å². The Kier molecular flexibility index (Phi) is 6.78. The van der Waals surface area contributed by atoms with Crippen LogP contribution in [0.5, 0.6) is 0 Å². The number of halogens is 7. The van der Waals surface area contributed by atoms with E-state index in [4.69, 9.17) is 0 Å². The van der Waals surface area contributed by atoms with Crippen LogP contribution in [0.4, 0.5) is 30.4 Å². The smallest absolute Gasteiger partial charge is 0.418 e. The second-order valence-electron chi connectivity index (χ2n) is 8.13. The van der Waals surface area contributed by atoms with Crippen LogP contribution in [-0.2, 0) is 10.9 Å². The van der Waals surface area contributed by atoms with E-state index < -0.39 is 23.2 Å². The van der Waals surface area contributed by atoms with Crippen molar-refractivity contribution in [2.45, 2.75) is 69.7 Å². The zero-order valence-electron chi connectivity index (χ0n) is 16.1. The first-order chi connectivity index (χ1) is 12.7. The fourth-order valence-corrected chi connectivity index (χ4v) is 5.76. The molecule has 1 saturated carbocycles. The second-order valence-corrected chi connectivity index (χ2v) is 10.1. The third-order valence-electron chi connectivity index (χ3n) is 4.87. The Morgan fingerprint density at radius 2 is 1.43 bits per heavy atom. The maximum atomic E-state index is 13.8. The average Bonchev–Trinajstić information content (AvgIpc) is 2.92. The molecule has 1 heterocycles. The van der Waals surface area contributed by atoms with Crippen LogP contribution in [0.25, 0.3) is 10.1 Å². The quantitative estimate of drug-likeness (QED) is 0.242. The summed E-state index contributed by atoms with van der Waals surface area (Å²) in [6.07, 6.45) is 5.09.